The molecular weight excluding hydrogens is 315 g/mol. The van der Waals surface area contributed by atoms with Crippen molar-refractivity contribution >= 4 is 11.9 Å². The van der Waals surface area contributed by atoms with Crippen molar-refractivity contribution < 1.29 is 33.0 Å². The minimum absolute atomic E-state index is 0.265. The van der Waals surface area contributed by atoms with E-state index in [2.05, 4.69) is 0 Å². The average molecular weight is 339 g/mol. The monoisotopic (exact) mass is 339 g/mol. The highest BCUT2D eigenvalue weighted by Gasteiger charge is 2.64. The summed E-state index contributed by atoms with van der Waals surface area (Å²) >= 11 is 0. The third-order valence-corrected chi connectivity index (χ3v) is 4.48. The fraction of sp³-hybridized carbons (Fsp3) is 0.867. The molecule has 1 heterocycles. The van der Waals surface area contributed by atoms with Gasteiger partial charge < -0.3 is 15.1 Å². The van der Waals surface area contributed by atoms with Crippen LogP contribution in [0.1, 0.15) is 52.4 Å². The predicted octanol–water partition coefficient (Wildman–Crippen LogP) is 2.57. The van der Waals surface area contributed by atoms with Crippen LogP contribution < -0.4 is 0 Å². The first-order valence-corrected chi connectivity index (χ1v) is 7.81. The molecule has 23 heavy (non-hydrogen) atoms. The number of hydrogen-bond donors (Lipinski definition) is 2. The van der Waals surface area contributed by atoms with E-state index in [9.17, 15) is 27.9 Å². The van der Waals surface area contributed by atoms with E-state index in [1.54, 1.807) is 0 Å². The molecule has 1 fully saturated rings. The fourth-order valence-electron chi connectivity index (χ4n) is 3.18. The van der Waals surface area contributed by atoms with Crippen LogP contribution >= 0.6 is 0 Å². The number of carboxylic acid groups (broad SMARTS) is 1. The summed E-state index contributed by atoms with van der Waals surface area (Å²) < 4.78 is 39.3. The van der Waals surface area contributed by atoms with Crippen molar-refractivity contribution in [2.75, 3.05) is 13.1 Å². The Balaban J connectivity index is 2.85. The van der Waals surface area contributed by atoms with Gasteiger partial charge in [-0.3, -0.25) is 9.59 Å². The number of aliphatic carboxylic acids is 1. The molecule has 0 saturated carbocycles. The summed E-state index contributed by atoms with van der Waals surface area (Å²) in [7, 11) is 0. The zero-order valence-electron chi connectivity index (χ0n) is 13.4. The molecule has 8 heteroatoms. The van der Waals surface area contributed by atoms with Crippen LogP contribution in [0.2, 0.25) is 0 Å². The van der Waals surface area contributed by atoms with Gasteiger partial charge in [0.05, 0.1) is 12.0 Å². The smallest absolute Gasteiger partial charge is 0.406 e. The predicted molar refractivity (Wildman–Crippen MR) is 76.7 cm³/mol. The van der Waals surface area contributed by atoms with Gasteiger partial charge in [-0.1, -0.05) is 26.7 Å². The number of carboxylic acids is 1. The number of alkyl halides is 3. The van der Waals surface area contributed by atoms with Crippen molar-refractivity contribution in [2.45, 2.75) is 64.1 Å². The van der Waals surface area contributed by atoms with Gasteiger partial charge in [0.25, 0.3) is 0 Å². The molecule has 1 aliphatic rings. The molecule has 1 amide bonds. The van der Waals surface area contributed by atoms with Gasteiger partial charge in [-0.2, -0.15) is 13.2 Å². The lowest BCUT2D eigenvalue weighted by molar-refractivity contribution is -0.227. The lowest BCUT2D eigenvalue weighted by atomic mass is 9.86. The van der Waals surface area contributed by atoms with Crippen molar-refractivity contribution in [1.82, 2.24) is 4.90 Å². The minimum atomic E-state index is -4.92. The van der Waals surface area contributed by atoms with Crippen molar-refractivity contribution in [3.05, 3.63) is 0 Å². The summed E-state index contributed by atoms with van der Waals surface area (Å²) in [6.45, 7) is 2.54. The Morgan fingerprint density at radius 1 is 1.17 bits per heavy atom. The highest BCUT2D eigenvalue weighted by molar-refractivity contribution is 5.81. The Hall–Kier alpha value is -1.31. The quantitative estimate of drug-likeness (QED) is 0.747. The number of amides is 1. The molecule has 0 aromatic carbocycles. The number of aliphatic hydroxyl groups is 1. The number of halogens is 3. The molecule has 1 saturated heterocycles. The number of carbonyl (C=O) groups is 2. The number of nitrogens with zero attached hydrogens (tertiary/aromatic N) is 1. The van der Waals surface area contributed by atoms with Crippen LogP contribution in [-0.4, -0.2) is 51.9 Å². The first-order chi connectivity index (χ1) is 10.5. The third kappa shape index (κ3) is 4.16. The largest absolute Gasteiger partial charge is 0.481 e. The number of hydrogen-bond acceptors (Lipinski definition) is 3. The van der Waals surface area contributed by atoms with Crippen LogP contribution in [0.25, 0.3) is 0 Å². The summed E-state index contributed by atoms with van der Waals surface area (Å²) in [4.78, 5) is 24.3. The molecule has 0 aromatic rings. The summed E-state index contributed by atoms with van der Waals surface area (Å²) in [5.41, 5.74) is -4.15. The van der Waals surface area contributed by atoms with E-state index in [0.29, 0.717) is 25.7 Å². The first-order valence-electron chi connectivity index (χ1n) is 7.81. The van der Waals surface area contributed by atoms with Gasteiger partial charge in [-0.25, -0.2) is 0 Å². The Kier molecular flexibility index (Phi) is 6.06. The first kappa shape index (κ1) is 19.7. The van der Waals surface area contributed by atoms with Gasteiger partial charge in [0.2, 0.25) is 5.91 Å². The second-order valence-electron chi connectivity index (χ2n) is 6.35. The van der Waals surface area contributed by atoms with E-state index >= 15 is 0 Å². The standard InChI is InChI=1S/C15H24F3NO4/c1-3-5-13(23,6-4-2)9-11(20)19-8-7-14(10-19,12(21)22)15(16,17)18/h23H,3-10H2,1-2H3,(H,21,22). The fourth-order valence-corrected chi connectivity index (χ4v) is 3.18. The molecular formula is C15H24F3NO4. The molecule has 5 nitrogen and oxygen atoms in total. The summed E-state index contributed by atoms with van der Waals surface area (Å²) in [5.74, 6) is -2.58. The van der Waals surface area contributed by atoms with Gasteiger partial charge in [-0.15, -0.1) is 0 Å². The Labute approximate surface area is 133 Å². The Bertz CT molecular complexity index is 446. The van der Waals surface area contributed by atoms with Crippen molar-refractivity contribution in [1.29, 1.82) is 0 Å². The molecule has 2 N–H and O–H groups in total. The molecule has 134 valence electrons. The molecule has 1 rings (SSSR count). The lowest BCUT2D eigenvalue weighted by Gasteiger charge is -2.30. The van der Waals surface area contributed by atoms with Crippen LogP contribution in [-0.2, 0) is 9.59 Å². The van der Waals surface area contributed by atoms with Crippen molar-refractivity contribution in [3.8, 4) is 0 Å². The van der Waals surface area contributed by atoms with Gasteiger partial charge >= 0.3 is 12.1 Å². The molecule has 1 unspecified atom stereocenters. The maximum atomic E-state index is 13.1. The van der Waals surface area contributed by atoms with E-state index in [1.165, 1.54) is 0 Å². The van der Waals surface area contributed by atoms with Gasteiger partial charge in [-0.05, 0) is 19.3 Å². The number of likely N-dealkylation sites (tertiary alicyclic amines) is 1. The summed E-state index contributed by atoms with van der Waals surface area (Å²) in [6.07, 6.45) is -3.80. The molecule has 0 aromatic heterocycles. The van der Waals surface area contributed by atoms with E-state index in [0.717, 1.165) is 4.90 Å². The highest BCUT2D eigenvalue weighted by atomic mass is 19.4. The second kappa shape index (κ2) is 7.07. The molecule has 0 aliphatic carbocycles. The maximum absolute atomic E-state index is 13.1. The SMILES string of the molecule is CCCC(O)(CCC)CC(=O)N1CCC(C(=O)O)(C(F)(F)F)C1. The van der Waals surface area contributed by atoms with Gasteiger partial charge in [0, 0.05) is 13.1 Å². The average Bonchev–Trinajstić information content (AvgIpc) is 2.84. The third-order valence-electron chi connectivity index (χ3n) is 4.48. The van der Waals surface area contributed by atoms with Crippen LogP contribution in [0.15, 0.2) is 0 Å². The van der Waals surface area contributed by atoms with Crippen molar-refractivity contribution in [3.63, 3.8) is 0 Å². The van der Waals surface area contributed by atoms with E-state index < -0.39 is 42.0 Å². The van der Waals surface area contributed by atoms with Crippen LogP contribution in [0, 0.1) is 5.41 Å². The summed E-state index contributed by atoms with van der Waals surface area (Å²) in [6, 6.07) is 0. The topological polar surface area (TPSA) is 77.8 Å². The number of rotatable bonds is 7. The molecule has 0 bridgehead atoms. The normalized spacial score (nSPS) is 22.4. The van der Waals surface area contributed by atoms with Crippen LogP contribution in [0.3, 0.4) is 0 Å². The van der Waals surface area contributed by atoms with Crippen LogP contribution in [0.4, 0.5) is 13.2 Å². The molecule has 0 radical (unpaired) electrons. The van der Waals surface area contributed by atoms with E-state index in [4.69, 9.17) is 5.11 Å². The van der Waals surface area contributed by atoms with Gasteiger partial charge in [0.15, 0.2) is 5.41 Å². The van der Waals surface area contributed by atoms with Gasteiger partial charge in [0.1, 0.15) is 0 Å². The molecule has 0 spiro atoms. The van der Waals surface area contributed by atoms with E-state index in [-0.39, 0.29) is 13.0 Å². The minimum Gasteiger partial charge on any atom is -0.481 e. The maximum Gasteiger partial charge on any atom is 0.406 e. The molecule has 1 atom stereocenters. The summed E-state index contributed by atoms with van der Waals surface area (Å²) in [5, 5.41) is 19.4. The van der Waals surface area contributed by atoms with Crippen molar-refractivity contribution in [2.24, 2.45) is 5.41 Å². The highest BCUT2D eigenvalue weighted by Crippen LogP contribution is 2.46. The zero-order valence-corrected chi connectivity index (χ0v) is 13.4. The molecule has 1 aliphatic heterocycles. The van der Waals surface area contributed by atoms with Crippen LogP contribution in [0.5, 0.6) is 0 Å². The number of carbonyl (C=O) groups excluding carboxylic acids is 1. The lowest BCUT2D eigenvalue weighted by Crippen LogP contribution is -2.48. The Morgan fingerprint density at radius 2 is 1.70 bits per heavy atom. The Morgan fingerprint density at radius 3 is 2.04 bits per heavy atom. The van der Waals surface area contributed by atoms with E-state index in [1.807, 2.05) is 13.8 Å². The zero-order chi connectivity index (χ0) is 17.9. The second-order valence-corrected chi connectivity index (χ2v) is 6.35.